The molecule has 5 nitrogen and oxygen atoms in total. The van der Waals surface area contributed by atoms with Crippen molar-refractivity contribution in [1.82, 2.24) is 10.5 Å². The highest BCUT2D eigenvalue weighted by atomic mass is 16.5. The van der Waals surface area contributed by atoms with E-state index in [1.807, 2.05) is 13.8 Å². The van der Waals surface area contributed by atoms with Crippen LogP contribution >= 0.6 is 0 Å². The molecule has 1 aliphatic heterocycles. The van der Waals surface area contributed by atoms with Crippen molar-refractivity contribution >= 4 is 11.6 Å². The Morgan fingerprint density at radius 3 is 2.88 bits per heavy atom. The van der Waals surface area contributed by atoms with Gasteiger partial charge in [-0.3, -0.25) is 4.79 Å². The van der Waals surface area contributed by atoms with Gasteiger partial charge in [-0.05, 0) is 30.4 Å². The molecule has 0 radical (unpaired) electrons. The van der Waals surface area contributed by atoms with Gasteiger partial charge in [-0.25, -0.2) is 0 Å². The Balaban J connectivity index is 1.58. The first-order valence-corrected chi connectivity index (χ1v) is 9.14. The number of hydrogen-bond donors (Lipinski definition) is 1. The molecule has 0 fully saturated rings. The third kappa shape index (κ3) is 3.86. The average Bonchev–Trinajstić information content (AvgIpc) is 3.01. The molecule has 0 spiro atoms. The summed E-state index contributed by atoms with van der Waals surface area (Å²) in [4.78, 5) is 14.7. The molecule has 3 rings (SSSR count). The standard InChI is InChI=1S/C20H27N3O2/c1-4-17-16(19(5-2)25-22-17)11-20(24)21-12-14-10-15-8-6-7-9-18(15)23(3)13-14/h6-9,14H,4-5,10-13H2,1-3H3,(H,21,24). The lowest BCUT2D eigenvalue weighted by Gasteiger charge is -2.33. The summed E-state index contributed by atoms with van der Waals surface area (Å²) in [5.74, 6) is 1.31. The molecule has 0 aliphatic carbocycles. The van der Waals surface area contributed by atoms with E-state index in [4.69, 9.17) is 4.52 Å². The molecule has 134 valence electrons. The number of aromatic nitrogens is 1. The molecule has 1 N–H and O–H groups in total. The van der Waals surface area contributed by atoms with Crippen LogP contribution in [0.1, 0.15) is 36.4 Å². The quantitative estimate of drug-likeness (QED) is 0.878. The number of rotatable bonds is 6. The lowest BCUT2D eigenvalue weighted by atomic mass is 9.92. The lowest BCUT2D eigenvalue weighted by molar-refractivity contribution is -0.120. The van der Waals surface area contributed by atoms with E-state index in [1.54, 1.807) is 0 Å². The third-order valence-electron chi connectivity index (χ3n) is 4.98. The molecular weight excluding hydrogens is 314 g/mol. The van der Waals surface area contributed by atoms with Crippen LogP contribution in [0.2, 0.25) is 0 Å². The number of benzene rings is 1. The second-order valence-electron chi connectivity index (χ2n) is 6.80. The summed E-state index contributed by atoms with van der Waals surface area (Å²) >= 11 is 0. The lowest BCUT2D eigenvalue weighted by Crippen LogP contribution is -2.40. The second-order valence-corrected chi connectivity index (χ2v) is 6.80. The monoisotopic (exact) mass is 341 g/mol. The number of carbonyl (C=O) groups excluding carboxylic acids is 1. The Kier molecular flexibility index (Phi) is 5.41. The van der Waals surface area contributed by atoms with Gasteiger partial charge in [0, 0.05) is 37.8 Å². The molecular formula is C20H27N3O2. The van der Waals surface area contributed by atoms with E-state index >= 15 is 0 Å². The van der Waals surface area contributed by atoms with E-state index in [0.717, 1.165) is 42.8 Å². The minimum atomic E-state index is 0.0501. The van der Waals surface area contributed by atoms with Crippen LogP contribution in [-0.2, 0) is 30.5 Å². The number of fused-ring (bicyclic) bond motifs is 1. The highest BCUT2D eigenvalue weighted by Crippen LogP contribution is 2.28. The van der Waals surface area contributed by atoms with Crippen molar-refractivity contribution in [2.24, 2.45) is 5.92 Å². The van der Waals surface area contributed by atoms with Crippen LogP contribution in [-0.4, -0.2) is 31.2 Å². The number of nitrogens with zero attached hydrogens (tertiary/aromatic N) is 2. The number of nitrogens with one attached hydrogen (secondary N) is 1. The van der Waals surface area contributed by atoms with Crippen molar-refractivity contribution in [3.63, 3.8) is 0 Å². The number of anilines is 1. The molecule has 5 heteroatoms. The fraction of sp³-hybridized carbons (Fsp3) is 0.500. The molecule has 2 heterocycles. The normalized spacial score (nSPS) is 16.6. The molecule has 1 atom stereocenters. The number of amides is 1. The highest BCUT2D eigenvalue weighted by molar-refractivity contribution is 5.79. The minimum Gasteiger partial charge on any atom is -0.374 e. The van der Waals surface area contributed by atoms with Crippen molar-refractivity contribution in [3.05, 3.63) is 46.8 Å². The molecule has 2 aromatic rings. The summed E-state index contributed by atoms with van der Waals surface area (Å²) in [7, 11) is 2.12. The van der Waals surface area contributed by atoms with Gasteiger partial charge in [-0.2, -0.15) is 0 Å². The van der Waals surface area contributed by atoms with Crippen molar-refractivity contribution in [2.45, 2.75) is 39.5 Å². The first-order valence-electron chi connectivity index (χ1n) is 9.14. The maximum Gasteiger partial charge on any atom is 0.224 e. The molecule has 1 unspecified atom stereocenters. The van der Waals surface area contributed by atoms with E-state index < -0.39 is 0 Å². The van der Waals surface area contributed by atoms with Crippen LogP contribution in [0.4, 0.5) is 5.69 Å². The van der Waals surface area contributed by atoms with Gasteiger partial charge in [-0.1, -0.05) is 37.2 Å². The minimum absolute atomic E-state index is 0.0501. The van der Waals surface area contributed by atoms with Crippen LogP contribution in [0.25, 0.3) is 0 Å². The van der Waals surface area contributed by atoms with E-state index in [9.17, 15) is 4.79 Å². The number of aryl methyl sites for hydroxylation is 2. The van der Waals surface area contributed by atoms with E-state index in [0.29, 0.717) is 18.9 Å². The molecule has 1 aromatic carbocycles. The predicted octanol–water partition coefficient (Wildman–Crippen LogP) is 2.77. The van der Waals surface area contributed by atoms with Gasteiger partial charge in [0.25, 0.3) is 0 Å². The smallest absolute Gasteiger partial charge is 0.224 e. The van der Waals surface area contributed by atoms with Gasteiger partial charge < -0.3 is 14.7 Å². The van der Waals surface area contributed by atoms with Gasteiger partial charge >= 0.3 is 0 Å². The average molecular weight is 341 g/mol. The summed E-state index contributed by atoms with van der Waals surface area (Å²) in [5.41, 5.74) is 4.53. The molecule has 25 heavy (non-hydrogen) atoms. The SMILES string of the molecule is CCc1noc(CC)c1CC(=O)NCC1Cc2ccccc2N(C)C1. The van der Waals surface area contributed by atoms with Crippen molar-refractivity contribution in [2.75, 3.05) is 25.0 Å². The molecule has 1 amide bonds. The van der Waals surface area contributed by atoms with Crippen molar-refractivity contribution < 1.29 is 9.32 Å². The fourth-order valence-corrected chi connectivity index (χ4v) is 3.67. The second kappa shape index (κ2) is 7.72. The van der Waals surface area contributed by atoms with Crippen molar-refractivity contribution in [3.8, 4) is 0 Å². The van der Waals surface area contributed by atoms with Crippen LogP contribution in [0.3, 0.4) is 0 Å². The molecule has 1 aliphatic rings. The first kappa shape index (κ1) is 17.5. The van der Waals surface area contributed by atoms with E-state index in [-0.39, 0.29) is 5.91 Å². The summed E-state index contributed by atoms with van der Waals surface area (Å²) in [6.07, 6.45) is 2.92. The predicted molar refractivity (Wildman–Crippen MR) is 98.9 cm³/mol. The zero-order valence-electron chi connectivity index (χ0n) is 15.3. The van der Waals surface area contributed by atoms with Crippen LogP contribution < -0.4 is 10.2 Å². The van der Waals surface area contributed by atoms with Gasteiger partial charge in [0.15, 0.2) is 0 Å². The van der Waals surface area contributed by atoms with Gasteiger partial charge in [-0.15, -0.1) is 0 Å². The molecule has 0 saturated carbocycles. The Morgan fingerprint density at radius 1 is 1.32 bits per heavy atom. The summed E-state index contributed by atoms with van der Waals surface area (Å²) in [6.45, 7) is 5.72. The third-order valence-corrected chi connectivity index (χ3v) is 4.98. The van der Waals surface area contributed by atoms with Gasteiger partial charge in [0.1, 0.15) is 5.76 Å². The molecule has 0 bridgehead atoms. The fourth-order valence-electron chi connectivity index (χ4n) is 3.67. The highest BCUT2D eigenvalue weighted by Gasteiger charge is 2.23. The Morgan fingerprint density at radius 2 is 2.12 bits per heavy atom. The Hall–Kier alpha value is -2.30. The van der Waals surface area contributed by atoms with Gasteiger partial charge in [0.05, 0.1) is 12.1 Å². The Labute approximate surface area is 149 Å². The van der Waals surface area contributed by atoms with Crippen molar-refractivity contribution in [1.29, 1.82) is 0 Å². The van der Waals surface area contributed by atoms with Gasteiger partial charge in [0.2, 0.25) is 5.91 Å². The zero-order chi connectivity index (χ0) is 17.8. The maximum absolute atomic E-state index is 12.4. The largest absolute Gasteiger partial charge is 0.374 e. The number of para-hydroxylation sites is 1. The van der Waals surface area contributed by atoms with Crippen LogP contribution in [0, 0.1) is 5.92 Å². The van der Waals surface area contributed by atoms with Crippen LogP contribution in [0.15, 0.2) is 28.8 Å². The molecule has 1 aromatic heterocycles. The molecule has 0 saturated heterocycles. The zero-order valence-corrected chi connectivity index (χ0v) is 15.3. The van der Waals surface area contributed by atoms with E-state index in [1.165, 1.54) is 11.3 Å². The Bertz CT molecular complexity index is 717. The number of carbonyl (C=O) groups is 1. The number of hydrogen-bond acceptors (Lipinski definition) is 4. The topological polar surface area (TPSA) is 58.4 Å². The summed E-state index contributed by atoms with van der Waals surface area (Å²) in [6, 6.07) is 8.50. The van der Waals surface area contributed by atoms with Crippen LogP contribution in [0.5, 0.6) is 0 Å². The summed E-state index contributed by atoms with van der Waals surface area (Å²) in [5, 5.41) is 7.19. The maximum atomic E-state index is 12.4. The summed E-state index contributed by atoms with van der Waals surface area (Å²) < 4.78 is 5.35. The first-order chi connectivity index (χ1) is 12.1. The van der Waals surface area contributed by atoms with E-state index in [2.05, 4.69) is 46.7 Å².